The van der Waals surface area contributed by atoms with E-state index in [1.165, 1.54) is 0 Å². The van der Waals surface area contributed by atoms with Gasteiger partial charge in [-0.2, -0.15) is 0 Å². The first-order valence-corrected chi connectivity index (χ1v) is 4.10. The second-order valence-corrected chi connectivity index (χ2v) is 2.95. The van der Waals surface area contributed by atoms with Gasteiger partial charge in [0.05, 0.1) is 19.1 Å². The molecule has 0 aromatic heterocycles. The molecular formula is C9H11ClO2. The minimum Gasteiger partial charge on any atom is -0.497 e. The van der Waals surface area contributed by atoms with E-state index >= 15 is 0 Å². The van der Waals surface area contributed by atoms with Crippen molar-refractivity contribution in [3.63, 3.8) is 0 Å². The smallest absolute Gasteiger partial charge is 0.119 e. The second kappa shape index (κ2) is 4.33. The van der Waals surface area contributed by atoms with Crippen molar-refractivity contribution in [2.75, 3.05) is 13.7 Å². The Kier molecular flexibility index (Phi) is 3.38. The molecule has 3 heteroatoms. The number of ether oxygens (including phenoxy) is 1. The summed E-state index contributed by atoms with van der Waals surface area (Å²) in [5, 5.41) is 8.43. The molecule has 0 radical (unpaired) electrons. The third-order valence-electron chi connectivity index (χ3n) is 1.62. The molecule has 1 aromatic rings. The predicted molar refractivity (Wildman–Crippen MR) is 48.7 cm³/mol. The Morgan fingerprint density at radius 1 is 1.58 bits per heavy atom. The molecule has 0 aliphatic heterocycles. The zero-order chi connectivity index (χ0) is 8.97. The van der Waals surface area contributed by atoms with Crippen LogP contribution < -0.4 is 4.74 Å². The van der Waals surface area contributed by atoms with Gasteiger partial charge in [-0.3, -0.25) is 0 Å². The van der Waals surface area contributed by atoms with Crippen LogP contribution in [-0.2, 0) is 0 Å². The highest BCUT2D eigenvalue weighted by Gasteiger charge is 2.05. The van der Waals surface area contributed by atoms with Crippen molar-refractivity contribution >= 4 is 11.6 Å². The van der Waals surface area contributed by atoms with Crippen LogP contribution in [0.4, 0.5) is 0 Å². The van der Waals surface area contributed by atoms with Crippen molar-refractivity contribution in [1.82, 2.24) is 0 Å². The average molecular weight is 187 g/mol. The fourth-order valence-corrected chi connectivity index (χ4v) is 1.08. The zero-order valence-electron chi connectivity index (χ0n) is 6.83. The lowest BCUT2D eigenvalue weighted by atomic mass is 10.1. The lowest BCUT2D eigenvalue weighted by Gasteiger charge is -2.07. The lowest BCUT2D eigenvalue weighted by Crippen LogP contribution is -1.96. The van der Waals surface area contributed by atoms with Gasteiger partial charge in [-0.1, -0.05) is 12.1 Å². The topological polar surface area (TPSA) is 29.5 Å². The molecule has 0 amide bonds. The van der Waals surface area contributed by atoms with Crippen molar-refractivity contribution in [2.24, 2.45) is 0 Å². The summed E-state index contributed by atoms with van der Waals surface area (Å²) in [6.07, 6.45) is 0. The maximum atomic E-state index is 8.78. The molecule has 1 N–H and O–H groups in total. The highest BCUT2D eigenvalue weighted by atomic mass is 35.5. The summed E-state index contributed by atoms with van der Waals surface area (Å²) < 4.78 is 5.01. The number of aliphatic hydroxyl groups is 1. The second-order valence-electron chi connectivity index (χ2n) is 2.43. The van der Waals surface area contributed by atoms with Gasteiger partial charge in [0.15, 0.2) is 0 Å². The van der Waals surface area contributed by atoms with E-state index in [0.717, 1.165) is 11.3 Å². The summed E-state index contributed by atoms with van der Waals surface area (Å²) >= 11 is 5.81. The Morgan fingerprint density at radius 3 is 2.92 bits per heavy atom. The standard InChI is InChI=1S/C9H11ClO2/c1-12-8-4-2-3-7(5-8)9(10)6-11/h2-5,9,11H,6H2,1H3. The molecule has 0 bridgehead atoms. The number of benzene rings is 1. The molecule has 0 saturated carbocycles. The Hall–Kier alpha value is -0.730. The van der Waals surface area contributed by atoms with E-state index in [1.54, 1.807) is 7.11 Å². The molecule has 1 atom stereocenters. The molecule has 12 heavy (non-hydrogen) atoms. The van der Waals surface area contributed by atoms with E-state index in [2.05, 4.69) is 0 Å². The average Bonchev–Trinajstić information content (AvgIpc) is 2.17. The Morgan fingerprint density at radius 2 is 2.33 bits per heavy atom. The number of aliphatic hydroxyl groups excluding tert-OH is 1. The number of halogens is 1. The van der Waals surface area contributed by atoms with Crippen LogP contribution in [0, 0.1) is 0 Å². The van der Waals surface area contributed by atoms with Gasteiger partial charge in [0, 0.05) is 0 Å². The van der Waals surface area contributed by atoms with E-state index in [1.807, 2.05) is 24.3 Å². The van der Waals surface area contributed by atoms with Crippen LogP contribution in [0.1, 0.15) is 10.9 Å². The molecule has 2 nitrogen and oxygen atoms in total. The first-order chi connectivity index (χ1) is 5.77. The minimum atomic E-state index is -0.347. The monoisotopic (exact) mass is 186 g/mol. The van der Waals surface area contributed by atoms with Gasteiger partial charge in [-0.05, 0) is 17.7 Å². The molecule has 0 heterocycles. The van der Waals surface area contributed by atoms with Gasteiger partial charge in [0.1, 0.15) is 5.75 Å². The van der Waals surface area contributed by atoms with Crippen LogP contribution in [-0.4, -0.2) is 18.8 Å². The van der Waals surface area contributed by atoms with E-state index in [4.69, 9.17) is 21.4 Å². The summed E-state index contributed by atoms with van der Waals surface area (Å²) in [6.45, 7) is -0.0608. The molecule has 0 fully saturated rings. The lowest BCUT2D eigenvalue weighted by molar-refractivity contribution is 0.294. The van der Waals surface area contributed by atoms with Crippen LogP contribution in [0.3, 0.4) is 0 Å². The molecule has 1 unspecified atom stereocenters. The fraction of sp³-hybridized carbons (Fsp3) is 0.333. The number of rotatable bonds is 3. The van der Waals surface area contributed by atoms with Crippen molar-refractivity contribution in [1.29, 1.82) is 0 Å². The quantitative estimate of drug-likeness (QED) is 0.732. The number of alkyl halides is 1. The maximum absolute atomic E-state index is 8.78. The van der Waals surface area contributed by atoms with Crippen LogP contribution in [0.25, 0.3) is 0 Å². The maximum Gasteiger partial charge on any atom is 0.119 e. The largest absolute Gasteiger partial charge is 0.497 e. The van der Waals surface area contributed by atoms with Crippen LogP contribution in [0.15, 0.2) is 24.3 Å². The first-order valence-electron chi connectivity index (χ1n) is 3.67. The summed E-state index contributed by atoms with van der Waals surface area (Å²) in [4.78, 5) is 0. The molecule has 0 spiro atoms. The Bertz CT molecular complexity index is 250. The molecule has 0 aliphatic rings. The summed E-state index contributed by atoms with van der Waals surface area (Å²) in [6, 6.07) is 7.36. The first kappa shape index (κ1) is 9.36. The normalized spacial score (nSPS) is 12.6. The third-order valence-corrected chi connectivity index (χ3v) is 2.01. The van der Waals surface area contributed by atoms with E-state index < -0.39 is 0 Å². The number of hydrogen-bond acceptors (Lipinski definition) is 2. The van der Waals surface area contributed by atoms with Crippen molar-refractivity contribution < 1.29 is 9.84 Å². The van der Waals surface area contributed by atoms with Gasteiger partial charge >= 0.3 is 0 Å². The van der Waals surface area contributed by atoms with Crippen LogP contribution >= 0.6 is 11.6 Å². The molecular weight excluding hydrogens is 176 g/mol. The van der Waals surface area contributed by atoms with Crippen LogP contribution in [0.2, 0.25) is 0 Å². The van der Waals surface area contributed by atoms with Crippen molar-refractivity contribution in [3.8, 4) is 5.75 Å². The fourth-order valence-electron chi connectivity index (χ4n) is 0.942. The molecule has 0 aliphatic carbocycles. The van der Waals surface area contributed by atoms with Gasteiger partial charge in [0.25, 0.3) is 0 Å². The predicted octanol–water partition coefficient (Wildman–Crippen LogP) is 1.97. The summed E-state index contributed by atoms with van der Waals surface area (Å²) in [5.41, 5.74) is 0.874. The molecule has 0 saturated heterocycles. The summed E-state index contributed by atoms with van der Waals surface area (Å²) in [5.74, 6) is 0.756. The van der Waals surface area contributed by atoms with E-state index in [0.29, 0.717) is 0 Å². The third kappa shape index (κ3) is 2.13. The number of methoxy groups -OCH3 is 1. The van der Waals surface area contributed by atoms with Gasteiger partial charge in [-0.25, -0.2) is 0 Å². The van der Waals surface area contributed by atoms with Gasteiger partial charge < -0.3 is 9.84 Å². The molecule has 66 valence electrons. The molecule has 1 rings (SSSR count). The number of hydrogen-bond donors (Lipinski definition) is 1. The van der Waals surface area contributed by atoms with E-state index in [9.17, 15) is 0 Å². The Balaban J connectivity index is 2.86. The van der Waals surface area contributed by atoms with Gasteiger partial charge in [-0.15, -0.1) is 11.6 Å². The highest BCUT2D eigenvalue weighted by molar-refractivity contribution is 6.20. The minimum absolute atomic E-state index is 0.0608. The van der Waals surface area contributed by atoms with Crippen molar-refractivity contribution in [3.05, 3.63) is 29.8 Å². The SMILES string of the molecule is COc1cccc(C(Cl)CO)c1. The zero-order valence-corrected chi connectivity index (χ0v) is 7.58. The van der Waals surface area contributed by atoms with E-state index in [-0.39, 0.29) is 12.0 Å². The van der Waals surface area contributed by atoms with Crippen LogP contribution in [0.5, 0.6) is 5.75 Å². The highest BCUT2D eigenvalue weighted by Crippen LogP contribution is 2.23. The summed E-state index contributed by atoms with van der Waals surface area (Å²) in [7, 11) is 1.60. The Labute approximate surface area is 76.7 Å². The van der Waals surface area contributed by atoms with Gasteiger partial charge in [0.2, 0.25) is 0 Å². The molecule has 1 aromatic carbocycles. The van der Waals surface area contributed by atoms with Crippen molar-refractivity contribution in [2.45, 2.75) is 5.38 Å².